The third kappa shape index (κ3) is 7.94. The molecule has 2 rings (SSSR count). The Morgan fingerprint density at radius 3 is 2.11 bits per heavy atom. The number of hydrogen-bond acceptors (Lipinski definition) is 8. The van der Waals surface area contributed by atoms with Gasteiger partial charge in [0, 0.05) is 13.0 Å². The Balaban J connectivity index is 2.24. The zero-order chi connectivity index (χ0) is 27.0. The number of nitrogens with one attached hydrogen (secondary N) is 2. The molecule has 0 saturated carbocycles. The highest BCUT2D eigenvalue weighted by molar-refractivity contribution is 5.95. The lowest BCUT2D eigenvalue weighted by atomic mass is 10.0. The molecule has 4 atom stereocenters. The number of amides is 3. The van der Waals surface area contributed by atoms with E-state index in [0.717, 1.165) is 4.90 Å². The van der Waals surface area contributed by atoms with E-state index in [4.69, 9.17) is 15.9 Å². The Morgan fingerprint density at radius 2 is 1.56 bits per heavy atom. The van der Waals surface area contributed by atoms with Gasteiger partial charge in [-0.15, -0.1) is 0 Å². The molecule has 1 aromatic carbocycles. The predicted molar refractivity (Wildman–Crippen MR) is 121 cm³/mol. The van der Waals surface area contributed by atoms with E-state index in [1.165, 1.54) is 24.3 Å². The van der Waals surface area contributed by atoms with Gasteiger partial charge in [0.1, 0.15) is 23.9 Å². The van der Waals surface area contributed by atoms with Crippen molar-refractivity contribution >= 4 is 35.6 Å². The SMILES string of the molecule is NC(CC(=O)O)C(=O)NC(Cc1ccc(O)cc1)C(=O)N1CCCC1C(=O)NC(CC(=O)O)C(=O)O. The van der Waals surface area contributed by atoms with Crippen LogP contribution in [0.3, 0.4) is 0 Å². The van der Waals surface area contributed by atoms with Crippen LogP contribution < -0.4 is 16.4 Å². The van der Waals surface area contributed by atoms with Gasteiger partial charge in [0.15, 0.2) is 0 Å². The summed E-state index contributed by atoms with van der Waals surface area (Å²) in [6, 6.07) is 0.249. The molecule has 1 aromatic rings. The second-order valence-corrected chi connectivity index (χ2v) is 8.32. The number of carboxylic acid groups (broad SMARTS) is 3. The molecule has 1 fully saturated rings. The van der Waals surface area contributed by atoms with Crippen molar-refractivity contribution in [2.24, 2.45) is 5.73 Å². The molecule has 1 saturated heterocycles. The number of hydrogen-bond donors (Lipinski definition) is 7. The van der Waals surface area contributed by atoms with Crippen LogP contribution in [0.2, 0.25) is 0 Å². The van der Waals surface area contributed by atoms with Crippen LogP contribution in [0, 0.1) is 0 Å². The zero-order valence-electron chi connectivity index (χ0n) is 19.1. The normalized spacial score (nSPS) is 17.5. The van der Waals surface area contributed by atoms with E-state index in [1.54, 1.807) is 0 Å². The highest BCUT2D eigenvalue weighted by atomic mass is 16.4. The lowest BCUT2D eigenvalue weighted by Gasteiger charge is -2.30. The molecule has 3 amide bonds. The van der Waals surface area contributed by atoms with Crippen molar-refractivity contribution in [1.29, 1.82) is 0 Å². The van der Waals surface area contributed by atoms with Gasteiger partial charge in [-0.3, -0.25) is 24.0 Å². The monoisotopic (exact) mass is 508 g/mol. The zero-order valence-corrected chi connectivity index (χ0v) is 19.1. The summed E-state index contributed by atoms with van der Waals surface area (Å²) in [6.07, 6.45) is -1.05. The van der Waals surface area contributed by atoms with Gasteiger partial charge >= 0.3 is 17.9 Å². The Hall–Kier alpha value is -4.20. The van der Waals surface area contributed by atoms with E-state index >= 15 is 0 Å². The number of nitrogens with zero attached hydrogens (tertiary/aromatic N) is 1. The number of phenols is 1. The van der Waals surface area contributed by atoms with E-state index in [-0.39, 0.29) is 25.1 Å². The number of carbonyl (C=O) groups excluding carboxylic acids is 3. The summed E-state index contributed by atoms with van der Waals surface area (Å²) in [4.78, 5) is 73.0. The Labute approximate surface area is 205 Å². The highest BCUT2D eigenvalue weighted by Crippen LogP contribution is 2.21. The average molecular weight is 508 g/mol. The largest absolute Gasteiger partial charge is 0.508 e. The first-order valence-electron chi connectivity index (χ1n) is 11.0. The number of rotatable bonds is 12. The molecule has 8 N–H and O–H groups in total. The number of aliphatic carboxylic acids is 3. The van der Waals surface area contributed by atoms with Crippen molar-refractivity contribution < 1.29 is 49.2 Å². The third-order valence-corrected chi connectivity index (χ3v) is 5.55. The fraction of sp³-hybridized carbons (Fsp3) is 0.455. The molecule has 0 bridgehead atoms. The fourth-order valence-electron chi connectivity index (χ4n) is 3.77. The van der Waals surface area contributed by atoms with Crippen LogP contribution in [0.5, 0.6) is 5.75 Å². The molecule has 14 heteroatoms. The average Bonchev–Trinajstić information content (AvgIpc) is 3.28. The maximum Gasteiger partial charge on any atom is 0.326 e. The number of aromatic hydroxyl groups is 1. The molecule has 1 aliphatic rings. The quantitative estimate of drug-likeness (QED) is 0.167. The highest BCUT2D eigenvalue weighted by Gasteiger charge is 2.39. The van der Waals surface area contributed by atoms with Crippen LogP contribution in [0.25, 0.3) is 0 Å². The molecule has 14 nitrogen and oxygen atoms in total. The van der Waals surface area contributed by atoms with Gasteiger partial charge in [0.2, 0.25) is 17.7 Å². The molecule has 4 unspecified atom stereocenters. The van der Waals surface area contributed by atoms with E-state index in [1.807, 2.05) is 0 Å². The number of carboxylic acids is 3. The van der Waals surface area contributed by atoms with E-state index in [2.05, 4.69) is 10.6 Å². The summed E-state index contributed by atoms with van der Waals surface area (Å²) in [5.74, 6) is -6.77. The summed E-state index contributed by atoms with van der Waals surface area (Å²) >= 11 is 0. The van der Waals surface area contributed by atoms with Crippen LogP contribution in [-0.2, 0) is 35.2 Å². The minimum absolute atomic E-state index is 0.0280. The Bertz CT molecular complexity index is 1010. The predicted octanol–water partition coefficient (Wildman–Crippen LogP) is -1.74. The molecule has 0 aliphatic carbocycles. The smallest absolute Gasteiger partial charge is 0.326 e. The van der Waals surface area contributed by atoms with Crippen LogP contribution in [0.1, 0.15) is 31.2 Å². The van der Waals surface area contributed by atoms with Gasteiger partial charge in [0.25, 0.3) is 0 Å². The molecular formula is C22H28N4O10. The van der Waals surface area contributed by atoms with Gasteiger partial charge in [-0.25, -0.2) is 4.79 Å². The summed E-state index contributed by atoms with van der Waals surface area (Å²) in [6.45, 7) is 0.108. The van der Waals surface area contributed by atoms with Gasteiger partial charge in [-0.1, -0.05) is 12.1 Å². The van der Waals surface area contributed by atoms with Crippen LogP contribution in [-0.4, -0.2) is 91.7 Å². The maximum absolute atomic E-state index is 13.4. The number of carbonyl (C=O) groups is 6. The van der Waals surface area contributed by atoms with Gasteiger partial charge < -0.3 is 41.7 Å². The topological polar surface area (TPSA) is 237 Å². The van der Waals surface area contributed by atoms with Crippen LogP contribution >= 0.6 is 0 Å². The van der Waals surface area contributed by atoms with E-state index in [9.17, 15) is 39.0 Å². The summed E-state index contributed by atoms with van der Waals surface area (Å²) in [7, 11) is 0. The molecule has 0 radical (unpaired) electrons. The molecule has 196 valence electrons. The van der Waals surface area contributed by atoms with Crippen LogP contribution in [0.15, 0.2) is 24.3 Å². The van der Waals surface area contributed by atoms with E-state index in [0.29, 0.717) is 12.0 Å². The molecular weight excluding hydrogens is 480 g/mol. The summed E-state index contributed by atoms with van der Waals surface area (Å²) in [5.41, 5.74) is 6.15. The van der Waals surface area contributed by atoms with Crippen molar-refractivity contribution in [3.05, 3.63) is 29.8 Å². The number of benzene rings is 1. The number of nitrogens with two attached hydrogens (primary N) is 1. The molecule has 0 spiro atoms. The van der Waals surface area contributed by atoms with Crippen molar-refractivity contribution in [3.63, 3.8) is 0 Å². The van der Waals surface area contributed by atoms with Crippen molar-refractivity contribution in [2.45, 2.75) is 56.3 Å². The second-order valence-electron chi connectivity index (χ2n) is 8.32. The van der Waals surface area contributed by atoms with Gasteiger partial charge in [0.05, 0.1) is 18.9 Å². The second kappa shape index (κ2) is 12.5. The summed E-state index contributed by atoms with van der Waals surface area (Å²) < 4.78 is 0. The van der Waals surface area contributed by atoms with Crippen LogP contribution in [0.4, 0.5) is 0 Å². The van der Waals surface area contributed by atoms with E-state index < -0.39 is 72.6 Å². The number of phenolic OH excluding ortho intramolecular Hbond substituents is 1. The number of likely N-dealkylation sites (tertiary alicyclic amines) is 1. The minimum atomic E-state index is -1.70. The maximum atomic E-state index is 13.4. The van der Waals surface area contributed by atoms with Gasteiger partial charge in [-0.05, 0) is 30.5 Å². The summed E-state index contributed by atoms with van der Waals surface area (Å²) in [5, 5.41) is 41.0. The molecule has 0 aromatic heterocycles. The lowest BCUT2D eigenvalue weighted by Crippen LogP contribution is -2.57. The van der Waals surface area contributed by atoms with Crippen molar-refractivity contribution in [3.8, 4) is 5.75 Å². The lowest BCUT2D eigenvalue weighted by molar-refractivity contribution is -0.148. The fourth-order valence-corrected chi connectivity index (χ4v) is 3.77. The van der Waals surface area contributed by atoms with Gasteiger partial charge in [-0.2, -0.15) is 0 Å². The first kappa shape index (κ1) is 28.0. The third-order valence-electron chi connectivity index (χ3n) is 5.55. The minimum Gasteiger partial charge on any atom is -0.508 e. The Morgan fingerprint density at radius 1 is 0.944 bits per heavy atom. The molecule has 1 aliphatic heterocycles. The first-order valence-corrected chi connectivity index (χ1v) is 11.0. The van der Waals surface area contributed by atoms with Crippen molar-refractivity contribution in [2.75, 3.05) is 6.54 Å². The standard InChI is InChI=1S/C22H28N4O10/c23-13(9-17(28)29)19(32)24-14(8-11-3-5-12(27)6-4-11)21(34)26-7-1-2-16(26)20(33)25-15(22(35)36)10-18(30)31/h3-6,13-16,27H,1-2,7-10,23H2,(H,24,32)(H,25,33)(H,28,29)(H,30,31)(H,35,36). The first-order chi connectivity index (χ1) is 16.9. The molecule has 36 heavy (non-hydrogen) atoms. The molecule has 1 heterocycles. The van der Waals surface area contributed by atoms with Crippen molar-refractivity contribution in [1.82, 2.24) is 15.5 Å². The Kier molecular flexibility index (Phi) is 9.73.